The molecule has 1 atom stereocenters. The Morgan fingerprint density at radius 3 is 2.48 bits per heavy atom. The van der Waals surface area contributed by atoms with Crippen molar-refractivity contribution in [3.8, 4) is 0 Å². The van der Waals surface area contributed by atoms with Crippen LogP contribution in [0.5, 0.6) is 0 Å². The second-order valence-corrected chi connectivity index (χ2v) is 5.32. The normalized spacial score (nSPS) is 12.0. The Kier molecular flexibility index (Phi) is 4.81. The lowest BCUT2D eigenvalue weighted by atomic mass is 10.0. The Hall–Kier alpha value is -2.07. The molecule has 1 N–H and O–H groups in total. The summed E-state index contributed by atoms with van der Waals surface area (Å²) in [5.41, 5.74) is 2.79. The molecule has 0 bridgehead atoms. The molecule has 2 aromatic carbocycles. The van der Waals surface area contributed by atoms with Gasteiger partial charge in [-0.2, -0.15) is 0 Å². The summed E-state index contributed by atoms with van der Waals surface area (Å²) in [7, 11) is 0. The van der Waals surface area contributed by atoms with Crippen molar-refractivity contribution in [1.82, 2.24) is 0 Å². The third kappa shape index (κ3) is 3.73. The molecule has 21 heavy (non-hydrogen) atoms. The summed E-state index contributed by atoms with van der Waals surface area (Å²) in [4.78, 5) is 10.6. The first-order valence-electron chi connectivity index (χ1n) is 6.80. The van der Waals surface area contributed by atoms with Crippen molar-refractivity contribution in [2.24, 2.45) is 0 Å². The average Bonchev–Trinajstić information content (AvgIpc) is 2.47. The van der Waals surface area contributed by atoms with E-state index in [1.54, 1.807) is 6.07 Å². The van der Waals surface area contributed by atoms with Gasteiger partial charge in [0.15, 0.2) is 0 Å². The monoisotopic (exact) mass is 304 g/mol. The zero-order valence-corrected chi connectivity index (χ0v) is 12.7. The van der Waals surface area contributed by atoms with Crippen LogP contribution in [0.1, 0.15) is 31.0 Å². The number of hydrogen-bond acceptors (Lipinski definition) is 3. The molecule has 0 aliphatic heterocycles. The molecule has 0 aromatic heterocycles. The number of anilines is 1. The molecule has 0 saturated heterocycles. The number of rotatable bonds is 5. The third-order valence-corrected chi connectivity index (χ3v) is 3.65. The molecule has 5 heteroatoms. The molecule has 2 rings (SSSR count). The largest absolute Gasteiger partial charge is 0.373 e. The lowest BCUT2D eigenvalue weighted by molar-refractivity contribution is -0.384. The van der Waals surface area contributed by atoms with Crippen molar-refractivity contribution in [2.45, 2.75) is 26.3 Å². The van der Waals surface area contributed by atoms with E-state index in [9.17, 15) is 10.1 Å². The third-order valence-electron chi connectivity index (χ3n) is 3.42. The number of aryl methyl sites for hydroxylation is 1. The van der Waals surface area contributed by atoms with Crippen LogP contribution in [0, 0.1) is 10.1 Å². The van der Waals surface area contributed by atoms with Gasteiger partial charge in [0.25, 0.3) is 5.69 Å². The minimum Gasteiger partial charge on any atom is -0.373 e. The Labute approximate surface area is 128 Å². The fourth-order valence-corrected chi connectivity index (χ4v) is 2.31. The van der Waals surface area contributed by atoms with Gasteiger partial charge in [0, 0.05) is 17.1 Å². The molecule has 0 amide bonds. The predicted octanol–water partition coefficient (Wildman–Crippen LogP) is 4.98. The Morgan fingerprint density at radius 2 is 1.90 bits per heavy atom. The first-order valence-corrected chi connectivity index (χ1v) is 7.18. The highest BCUT2D eigenvalue weighted by Gasteiger charge is 2.16. The highest BCUT2D eigenvalue weighted by molar-refractivity contribution is 6.31. The molecule has 1 unspecified atom stereocenters. The van der Waals surface area contributed by atoms with Crippen LogP contribution in [-0.2, 0) is 6.42 Å². The molecule has 0 fully saturated rings. The van der Waals surface area contributed by atoms with Gasteiger partial charge in [-0.3, -0.25) is 10.1 Å². The summed E-state index contributed by atoms with van der Waals surface area (Å²) in [6, 6.07) is 12.7. The maximum Gasteiger partial charge on any atom is 0.292 e. The summed E-state index contributed by atoms with van der Waals surface area (Å²) < 4.78 is 0. The van der Waals surface area contributed by atoms with Crippen LogP contribution >= 0.6 is 11.6 Å². The predicted molar refractivity (Wildman–Crippen MR) is 86.0 cm³/mol. The minimum atomic E-state index is -0.411. The van der Waals surface area contributed by atoms with Gasteiger partial charge < -0.3 is 5.32 Å². The van der Waals surface area contributed by atoms with Crippen molar-refractivity contribution in [1.29, 1.82) is 0 Å². The van der Waals surface area contributed by atoms with E-state index in [2.05, 4.69) is 24.4 Å². The lowest BCUT2D eigenvalue weighted by Gasteiger charge is -2.16. The fraction of sp³-hybridized carbons (Fsp3) is 0.250. The van der Waals surface area contributed by atoms with Crippen LogP contribution in [0.2, 0.25) is 5.02 Å². The van der Waals surface area contributed by atoms with Gasteiger partial charge in [-0.15, -0.1) is 0 Å². The summed E-state index contributed by atoms with van der Waals surface area (Å²) in [6.07, 6.45) is 0.988. The summed E-state index contributed by atoms with van der Waals surface area (Å²) >= 11 is 5.93. The quantitative estimate of drug-likeness (QED) is 0.626. The van der Waals surface area contributed by atoms with Crippen LogP contribution in [0.4, 0.5) is 11.4 Å². The standard InChI is InChI=1S/C16H17ClN2O2/c1-3-12-4-6-13(7-5-12)11(2)18-15-10-14(17)8-9-16(15)19(20)21/h4-11,18H,3H2,1-2H3. The van der Waals surface area contributed by atoms with E-state index >= 15 is 0 Å². The molecule has 0 heterocycles. The second kappa shape index (κ2) is 6.59. The van der Waals surface area contributed by atoms with Gasteiger partial charge in [0.05, 0.1) is 4.92 Å². The number of hydrogen-bond donors (Lipinski definition) is 1. The molecule has 4 nitrogen and oxygen atoms in total. The molecule has 0 radical (unpaired) electrons. The van der Waals surface area contributed by atoms with Crippen LogP contribution in [0.15, 0.2) is 42.5 Å². The van der Waals surface area contributed by atoms with Crippen LogP contribution < -0.4 is 5.32 Å². The van der Waals surface area contributed by atoms with E-state index in [-0.39, 0.29) is 11.7 Å². The van der Waals surface area contributed by atoms with E-state index in [0.717, 1.165) is 12.0 Å². The zero-order chi connectivity index (χ0) is 15.4. The van der Waals surface area contributed by atoms with Gasteiger partial charge in [-0.1, -0.05) is 42.8 Å². The SMILES string of the molecule is CCc1ccc(C(C)Nc2cc(Cl)ccc2[N+](=O)[O-])cc1. The summed E-state index contributed by atoms with van der Waals surface area (Å²) in [5.74, 6) is 0. The molecule has 0 saturated carbocycles. The summed E-state index contributed by atoms with van der Waals surface area (Å²) in [6.45, 7) is 4.07. The zero-order valence-electron chi connectivity index (χ0n) is 12.0. The molecule has 0 aliphatic rings. The lowest BCUT2D eigenvalue weighted by Crippen LogP contribution is -2.08. The van der Waals surface area contributed by atoms with Crippen molar-refractivity contribution >= 4 is 23.0 Å². The minimum absolute atomic E-state index is 0.0245. The number of nitro groups is 1. The average molecular weight is 305 g/mol. The number of benzene rings is 2. The smallest absolute Gasteiger partial charge is 0.292 e. The number of nitrogens with one attached hydrogen (secondary N) is 1. The maximum atomic E-state index is 11.1. The summed E-state index contributed by atoms with van der Waals surface area (Å²) in [5, 5.41) is 14.7. The van der Waals surface area contributed by atoms with E-state index in [1.165, 1.54) is 17.7 Å². The van der Waals surface area contributed by atoms with Gasteiger partial charge in [-0.05, 0) is 36.6 Å². The van der Waals surface area contributed by atoms with Crippen LogP contribution in [0.25, 0.3) is 0 Å². The van der Waals surface area contributed by atoms with Crippen LogP contribution in [-0.4, -0.2) is 4.92 Å². The van der Waals surface area contributed by atoms with Crippen molar-refractivity contribution in [3.63, 3.8) is 0 Å². The first-order chi connectivity index (χ1) is 10.0. The van der Waals surface area contributed by atoms with Crippen molar-refractivity contribution in [3.05, 3.63) is 68.7 Å². The van der Waals surface area contributed by atoms with Crippen molar-refractivity contribution in [2.75, 3.05) is 5.32 Å². The molecular weight excluding hydrogens is 288 g/mol. The highest BCUT2D eigenvalue weighted by Crippen LogP contribution is 2.30. The second-order valence-electron chi connectivity index (χ2n) is 4.88. The van der Waals surface area contributed by atoms with E-state index in [0.29, 0.717) is 10.7 Å². The first kappa shape index (κ1) is 15.3. The number of halogens is 1. The van der Waals surface area contributed by atoms with E-state index in [4.69, 9.17) is 11.6 Å². The molecule has 110 valence electrons. The van der Waals surface area contributed by atoms with Gasteiger partial charge in [0.2, 0.25) is 0 Å². The molecular formula is C16H17ClN2O2. The van der Waals surface area contributed by atoms with Crippen molar-refractivity contribution < 1.29 is 4.92 Å². The number of nitro benzene ring substituents is 1. The van der Waals surface area contributed by atoms with E-state index < -0.39 is 4.92 Å². The fourth-order valence-electron chi connectivity index (χ4n) is 2.14. The molecule has 0 spiro atoms. The highest BCUT2D eigenvalue weighted by atomic mass is 35.5. The topological polar surface area (TPSA) is 55.2 Å². The molecule has 2 aromatic rings. The Bertz CT molecular complexity index is 641. The maximum absolute atomic E-state index is 11.1. The molecule has 0 aliphatic carbocycles. The van der Waals surface area contributed by atoms with Gasteiger partial charge in [0.1, 0.15) is 5.69 Å². The Balaban J connectivity index is 2.24. The van der Waals surface area contributed by atoms with E-state index in [1.807, 2.05) is 19.1 Å². The van der Waals surface area contributed by atoms with Gasteiger partial charge in [-0.25, -0.2) is 0 Å². The number of nitrogens with zero attached hydrogens (tertiary/aromatic N) is 1. The van der Waals surface area contributed by atoms with Gasteiger partial charge >= 0.3 is 0 Å². The van der Waals surface area contributed by atoms with Crippen LogP contribution in [0.3, 0.4) is 0 Å². The Morgan fingerprint density at radius 1 is 1.24 bits per heavy atom.